The fourth-order valence-corrected chi connectivity index (χ4v) is 4.15. The number of carboxylic acids is 1. The molecule has 26 heavy (non-hydrogen) atoms. The van der Waals surface area contributed by atoms with Crippen molar-refractivity contribution in [2.45, 2.75) is 57.3 Å². The fraction of sp³-hybridized carbons (Fsp3) is 0.619. The van der Waals surface area contributed by atoms with Crippen LogP contribution >= 0.6 is 0 Å². The maximum absolute atomic E-state index is 12.1. The minimum absolute atomic E-state index is 0.0426. The van der Waals surface area contributed by atoms with E-state index in [-0.39, 0.29) is 12.3 Å². The van der Waals surface area contributed by atoms with Crippen LogP contribution < -0.4 is 10.0 Å². The van der Waals surface area contributed by atoms with Gasteiger partial charge in [0.15, 0.2) is 0 Å². The van der Waals surface area contributed by atoms with Gasteiger partial charge in [0, 0.05) is 44.3 Å². The van der Waals surface area contributed by atoms with Crippen molar-refractivity contribution in [3.8, 4) is 0 Å². The topological polar surface area (TPSA) is 63.7 Å². The molecule has 0 atom stereocenters. The lowest BCUT2D eigenvalue weighted by Gasteiger charge is -2.36. The summed E-state index contributed by atoms with van der Waals surface area (Å²) in [5, 5.41) is 10.4. The summed E-state index contributed by atoms with van der Waals surface area (Å²) in [5.41, 5.74) is 2.70. The van der Waals surface area contributed by atoms with E-state index >= 15 is 0 Å². The third-order valence-electron chi connectivity index (χ3n) is 5.74. The Morgan fingerprint density at radius 3 is 2.19 bits per heavy atom. The van der Waals surface area contributed by atoms with Gasteiger partial charge in [-0.15, -0.1) is 0 Å². The summed E-state index contributed by atoms with van der Waals surface area (Å²) in [5.74, 6) is -0.300. The van der Waals surface area contributed by atoms with Crippen LogP contribution in [0.2, 0.25) is 0 Å². The molecular weight excluding hydrogens is 328 g/mol. The quantitative estimate of drug-likeness (QED) is 0.784. The molecular formula is C21H29N2O3-. The Hall–Kier alpha value is -2.04. The van der Waals surface area contributed by atoms with Crippen molar-refractivity contribution in [1.82, 2.24) is 4.90 Å². The summed E-state index contributed by atoms with van der Waals surface area (Å²) in [4.78, 5) is 26.8. The number of rotatable bonds is 6. The number of hydrogen-bond acceptors (Lipinski definition) is 4. The molecule has 1 heterocycles. The lowest BCUT2D eigenvalue weighted by atomic mass is 9.84. The molecule has 1 aliphatic carbocycles. The highest BCUT2D eigenvalue weighted by Crippen LogP contribution is 2.33. The van der Waals surface area contributed by atoms with Crippen molar-refractivity contribution in [2.75, 3.05) is 31.1 Å². The molecule has 0 aromatic heterocycles. The lowest BCUT2D eigenvalue weighted by Crippen LogP contribution is -2.48. The van der Waals surface area contributed by atoms with Gasteiger partial charge in [-0.05, 0) is 49.3 Å². The number of amides is 1. The molecule has 1 amide bonds. The van der Waals surface area contributed by atoms with Crippen LogP contribution in [-0.4, -0.2) is 43.0 Å². The van der Waals surface area contributed by atoms with Crippen molar-refractivity contribution in [3.63, 3.8) is 0 Å². The molecule has 3 rings (SSSR count). The summed E-state index contributed by atoms with van der Waals surface area (Å²) < 4.78 is 0. The Balaban J connectivity index is 1.47. The Bertz CT molecular complexity index is 600. The number of nitrogens with zero attached hydrogens (tertiary/aromatic N) is 2. The highest BCUT2D eigenvalue weighted by atomic mass is 16.4. The second-order valence-corrected chi connectivity index (χ2v) is 7.52. The van der Waals surface area contributed by atoms with Crippen molar-refractivity contribution >= 4 is 17.6 Å². The number of benzene rings is 1. The van der Waals surface area contributed by atoms with Gasteiger partial charge in [-0.25, -0.2) is 0 Å². The van der Waals surface area contributed by atoms with Gasteiger partial charge in [-0.1, -0.05) is 31.4 Å². The molecule has 1 saturated heterocycles. The van der Waals surface area contributed by atoms with Crippen molar-refractivity contribution < 1.29 is 14.7 Å². The van der Waals surface area contributed by atoms with E-state index in [1.54, 1.807) is 0 Å². The van der Waals surface area contributed by atoms with Gasteiger partial charge < -0.3 is 19.7 Å². The zero-order valence-corrected chi connectivity index (χ0v) is 15.5. The molecule has 1 aromatic rings. The number of carbonyl (C=O) groups excluding carboxylic acids is 2. The number of aliphatic carboxylic acids is 1. The van der Waals surface area contributed by atoms with E-state index in [2.05, 4.69) is 29.2 Å². The predicted octanol–water partition coefficient (Wildman–Crippen LogP) is 2.30. The second kappa shape index (κ2) is 9.06. The Morgan fingerprint density at radius 2 is 1.58 bits per heavy atom. The van der Waals surface area contributed by atoms with E-state index in [9.17, 15) is 14.7 Å². The third kappa shape index (κ3) is 4.99. The molecule has 0 N–H and O–H groups in total. The molecule has 2 aliphatic rings. The maximum atomic E-state index is 12.1. The highest BCUT2D eigenvalue weighted by Gasteiger charge is 2.21. The third-order valence-corrected chi connectivity index (χ3v) is 5.74. The molecule has 142 valence electrons. The predicted molar refractivity (Wildman–Crippen MR) is 99.9 cm³/mol. The number of hydrogen-bond donors (Lipinski definition) is 0. The van der Waals surface area contributed by atoms with Crippen LogP contribution in [-0.2, 0) is 9.59 Å². The molecule has 5 heteroatoms. The molecule has 1 aliphatic heterocycles. The van der Waals surface area contributed by atoms with Gasteiger partial charge in [0.05, 0.1) is 0 Å². The van der Waals surface area contributed by atoms with E-state index in [0.29, 0.717) is 25.9 Å². The molecule has 1 aromatic carbocycles. The second-order valence-electron chi connectivity index (χ2n) is 7.52. The first kappa shape index (κ1) is 18.7. The van der Waals surface area contributed by atoms with E-state index in [4.69, 9.17) is 0 Å². The molecule has 5 nitrogen and oxygen atoms in total. The Morgan fingerprint density at radius 1 is 0.923 bits per heavy atom. The standard InChI is InChI=1S/C21H30N2O3/c24-20(7-4-8-21(25)26)23-15-13-22(14-16-23)19-11-9-18(10-12-19)17-5-2-1-3-6-17/h9-12,17H,1-8,13-16H2,(H,25,26)/p-1. The normalized spacial score (nSPS) is 18.8. The van der Waals surface area contributed by atoms with Crippen molar-refractivity contribution in [1.29, 1.82) is 0 Å². The fourth-order valence-electron chi connectivity index (χ4n) is 4.15. The first-order valence-electron chi connectivity index (χ1n) is 9.96. The van der Waals surface area contributed by atoms with Crippen molar-refractivity contribution in [2.24, 2.45) is 0 Å². The van der Waals surface area contributed by atoms with Crippen LogP contribution in [0, 0.1) is 0 Å². The number of carbonyl (C=O) groups is 2. The minimum atomic E-state index is -1.08. The van der Waals surface area contributed by atoms with Gasteiger partial charge >= 0.3 is 0 Å². The molecule has 0 radical (unpaired) electrons. The van der Waals surface area contributed by atoms with E-state index in [0.717, 1.165) is 19.0 Å². The zero-order valence-electron chi connectivity index (χ0n) is 15.5. The van der Waals surface area contributed by atoms with Gasteiger partial charge in [0.1, 0.15) is 0 Å². The summed E-state index contributed by atoms with van der Waals surface area (Å²) in [7, 11) is 0. The van der Waals surface area contributed by atoms with Crippen LogP contribution in [0.15, 0.2) is 24.3 Å². The van der Waals surface area contributed by atoms with Crippen LogP contribution in [0.4, 0.5) is 5.69 Å². The summed E-state index contributed by atoms with van der Waals surface area (Å²) in [6, 6.07) is 9.01. The SMILES string of the molecule is O=C([O-])CCCC(=O)N1CCN(c2ccc(C3CCCCC3)cc2)CC1. The van der Waals surface area contributed by atoms with Gasteiger partial charge in [-0.3, -0.25) is 4.79 Å². The number of anilines is 1. The molecule has 0 unspecified atom stereocenters. The van der Waals surface area contributed by atoms with Crippen LogP contribution in [0.5, 0.6) is 0 Å². The lowest BCUT2D eigenvalue weighted by molar-refractivity contribution is -0.305. The number of carboxylic acid groups (broad SMARTS) is 1. The average Bonchev–Trinajstić information content (AvgIpc) is 2.68. The summed E-state index contributed by atoms with van der Waals surface area (Å²) in [6.07, 6.45) is 7.34. The first-order valence-corrected chi connectivity index (χ1v) is 9.96. The monoisotopic (exact) mass is 357 g/mol. The van der Waals surface area contributed by atoms with Gasteiger partial charge in [0.25, 0.3) is 0 Å². The van der Waals surface area contributed by atoms with Crippen LogP contribution in [0.1, 0.15) is 62.8 Å². The van der Waals surface area contributed by atoms with Crippen LogP contribution in [0.3, 0.4) is 0 Å². The minimum Gasteiger partial charge on any atom is -0.550 e. The van der Waals surface area contributed by atoms with Gasteiger partial charge in [-0.2, -0.15) is 0 Å². The van der Waals surface area contributed by atoms with E-state index < -0.39 is 5.97 Å². The molecule has 0 bridgehead atoms. The van der Waals surface area contributed by atoms with Crippen molar-refractivity contribution in [3.05, 3.63) is 29.8 Å². The molecule has 1 saturated carbocycles. The largest absolute Gasteiger partial charge is 0.550 e. The number of piperazine rings is 1. The maximum Gasteiger partial charge on any atom is 0.222 e. The highest BCUT2D eigenvalue weighted by molar-refractivity contribution is 5.77. The smallest absolute Gasteiger partial charge is 0.222 e. The Labute approximate surface area is 156 Å². The van der Waals surface area contributed by atoms with Crippen LogP contribution in [0.25, 0.3) is 0 Å². The molecule has 2 fully saturated rings. The van der Waals surface area contributed by atoms with E-state index in [1.807, 2.05) is 4.90 Å². The van der Waals surface area contributed by atoms with E-state index in [1.165, 1.54) is 43.4 Å². The van der Waals surface area contributed by atoms with Gasteiger partial charge in [0.2, 0.25) is 5.91 Å². The zero-order chi connectivity index (χ0) is 18.4. The summed E-state index contributed by atoms with van der Waals surface area (Å²) >= 11 is 0. The summed E-state index contributed by atoms with van der Waals surface area (Å²) in [6.45, 7) is 3.06. The molecule has 0 spiro atoms. The Kier molecular flexibility index (Phi) is 6.53. The average molecular weight is 357 g/mol. The first-order chi connectivity index (χ1) is 12.6.